The van der Waals surface area contributed by atoms with Gasteiger partial charge in [0.2, 0.25) is 0 Å². The van der Waals surface area contributed by atoms with E-state index in [2.05, 4.69) is 0 Å². The quantitative estimate of drug-likeness (QED) is 0.152. The molecule has 0 aromatic carbocycles. The Morgan fingerprint density at radius 3 is 1.05 bits per heavy atom. The summed E-state index contributed by atoms with van der Waals surface area (Å²) >= 11 is 7.57. The second-order valence-electron chi connectivity index (χ2n) is 9.90. The van der Waals surface area contributed by atoms with E-state index in [4.69, 9.17) is 0 Å². The van der Waals surface area contributed by atoms with Crippen molar-refractivity contribution in [2.24, 2.45) is 0 Å². The fourth-order valence-corrected chi connectivity index (χ4v) is 11.6. The Balaban J connectivity index is 1.65. The van der Waals surface area contributed by atoms with Gasteiger partial charge < -0.3 is 0 Å². The first-order chi connectivity index (χ1) is 20.5. The third kappa shape index (κ3) is 4.17. The first-order valence-electron chi connectivity index (χ1n) is 12.8. The largest absolute Gasteiger partial charge is 0.380 e. The summed E-state index contributed by atoms with van der Waals surface area (Å²) in [5.74, 6) is -16.0. The van der Waals surface area contributed by atoms with Crippen molar-refractivity contribution in [1.82, 2.24) is 0 Å². The van der Waals surface area contributed by atoms with Crippen molar-refractivity contribution in [3.63, 3.8) is 0 Å². The predicted octanol–water partition coefficient (Wildman–Crippen LogP) is 13.2. The third-order valence-electron chi connectivity index (χ3n) is 7.44. The van der Waals surface area contributed by atoms with Crippen LogP contribution in [0.3, 0.4) is 0 Å². The SMILES string of the molecule is Cc1c(-c2cccs2)sc(-c2cccs2)c1C1=C(c2c(-c3cccs3)sc(-c3cccs3)c2C)C(F)(F)C(F)(F)C1(F)F. The topological polar surface area (TPSA) is 0 Å². The van der Waals surface area contributed by atoms with Crippen LogP contribution < -0.4 is 0 Å². The molecule has 0 saturated heterocycles. The summed E-state index contributed by atoms with van der Waals surface area (Å²) in [7, 11) is 0. The van der Waals surface area contributed by atoms with E-state index in [9.17, 15) is 0 Å². The Kier molecular flexibility index (Phi) is 6.99. The Morgan fingerprint density at radius 2 is 0.767 bits per heavy atom. The fourth-order valence-electron chi connectivity index (χ4n) is 5.47. The lowest BCUT2D eigenvalue weighted by Crippen LogP contribution is -2.49. The highest BCUT2D eigenvalue weighted by atomic mass is 32.1. The van der Waals surface area contributed by atoms with Crippen molar-refractivity contribution in [2.45, 2.75) is 31.6 Å². The number of thiophene rings is 6. The molecule has 0 spiro atoms. The molecule has 0 saturated carbocycles. The van der Waals surface area contributed by atoms with Crippen molar-refractivity contribution in [1.29, 1.82) is 0 Å². The van der Waals surface area contributed by atoms with E-state index in [-0.39, 0.29) is 32.0 Å². The molecule has 1 aliphatic rings. The second-order valence-corrected chi connectivity index (χ2v) is 15.7. The minimum absolute atomic E-state index is 0.242. The summed E-state index contributed by atoms with van der Waals surface area (Å²) in [6.45, 7) is 3.12. The zero-order valence-corrected chi connectivity index (χ0v) is 27.0. The number of halogens is 6. The van der Waals surface area contributed by atoms with Gasteiger partial charge in [-0.05, 0) is 70.8 Å². The van der Waals surface area contributed by atoms with Crippen molar-refractivity contribution < 1.29 is 26.3 Å². The van der Waals surface area contributed by atoms with Crippen LogP contribution >= 0.6 is 68.0 Å². The molecule has 43 heavy (non-hydrogen) atoms. The van der Waals surface area contributed by atoms with Crippen LogP contribution in [0.15, 0.2) is 70.1 Å². The lowest BCUT2D eigenvalue weighted by Gasteiger charge is -2.26. The third-order valence-corrected chi connectivity index (χ3v) is 14.2. The number of allylic oxidation sites excluding steroid dienone is 2. The van der Waals surface area contributed by atoms with Gasteiger partial charge in [0.25, 0.3) is 0 Å². The number of rotatable bonds is 6. The van der Waals surface area contributed by atoms with Crippen LogP contribution in [0.4, 0.5) is 26.3 Å². The Labute approximate surface area is 266 Å². The monoisotopic (exact) mass is 696 g/mol. The molecular formula is C31H18F6S6. The smallest absolute Gasteiger partial charge is 0.194 e. The van der Waals surface area contributed by atoms with E-state index in [1.165, 1.54) is 68.0 Å². The molecule has 0 radical (unpaired) electrons. The average Bonchev–Trinajstić information content (AvgIpc) is 3.80. The van der Waals surface area contributed by atoms with Crippen molar-refractivity contribution >= 4 is 79.2 Å². The maximum Gasteiger partial charge on any atom is 0.380 e. The summed E-state index contributed by atoms with van der Waals surface area (Å²) < 4.78 is 96.3. The van der Waals surface area contributed by atoms with E-state index in [1.807, 2.05) is 22.9 Å². The molecule has 7 rings (SSSR count). The van der Waals surface area contributed by atoms with Crippen LogP contribution in [0.1, 0.15) is 22.3 Å². The van der Waals surface area contributed by atoms with Crippen molar-refractivity contribution in [2.75, 3.05) is 0 Å². The van der Waals surface area contributed by atoms with Gasteiger partial charge in [0.1, 0.15) is 0 Å². The maximum atomic E-state index is 16.3. The molecule has 12 heteroatoms. The molecule has 220 valence electrons. The van der Waals surface area contributed by atoms with Gasteiger partial charge in [-0.25, -0.2) is 0 Å². The highest BCUT2D eigenvalue weighted by molar-refractivity contribution is 7.27. The molecular weight excluding hydrogens is 679 g/mol. The zero-order valence-electron chi connectivity index (χ0n) is 22.1. The average molecular weight is 697 g/mol. The number of hydrogen-bond donors (Lipinski definition) is 0. The molecule has 0 amide bonds. The van der Waals surface area contributed by atoms with Gasteiger partial charge in [-0.15, -0.1) is 68.0 Å². The fraction of sp³-hybridized carbons (Fsp3) is 0.161. The lowest BCUT2D eigenvalue weighted by atomic mass is 9.89. The Bertz CT molecular complexity index is 1810. The number of alkyl halides is 6. The number of hydrogen-bond acceptors (Lipinski definition) is 6. The predicted molar refractivity (Wildman–Crippen MR) is 173 cm³/mol. The molecule has 0 unspecified atom stereocenters. The minimum Gasteiger partial charge on any atom is -0.194 e. The van der Waals surface area contributed by atoms with E-state index in [0.29, 0.717) is 19.5 Å². The summed E-state index contributed by atoms with van der Waals surface area (Å²) in [6, 6.07) is 14.1. The van der Waals surface area contributed by atoms with Crippen LogP contribution in [-0.4, -0.2) is 17.8 Å². The lowest BCUT2D eigenvalue weighted by molar-refractivity contribution is -0.254. The molecule has 0 fully saturated rings. The Morgan fingerprint density at radius 1 is 0.465 bits per heavy atom. The van der Waals surface area contributed by atoms with E-state index < -0.39 is 28.9 Å². The minimum atomic E-state index is -5.65. The zero-order chi connectivity index (χ0) is 30.3. The standard InChI is InChI=1S/C31H18F6S6/c1-15-21(27(19-9-5-13-40-19)42-25(15)17-7-3-11-38-17)23-24(30(34,35)31(36,37)29(23,32)33)22-16(2)26(18-8-4-12-39-18)43-28(22)20-10-6-14-41-20/h3-14H,1-2H3. The molecule has 6 heterocycles. The summed E-state index contributed by atoms with van der Waals surface area (Å²) in [4.78, 5) is 4.34. The van der Waals surface area contributed by atoms with Crippen LogP contribution in [0.5, 0.6) is 0 Å². The molecule has 0 N–H and O–H groups in total. The van der Waals surface area contributed by atoms with Gasteiger partial charge >= 0.3 is 17.8 Å². The highest BCUT2D eigenvalue weighted by Crippen LogP contribution is 2.68. The molecule has 0 nitrogen and oxygen atoms in total. The first-order valence-corrected chi connectivity index (χ1v) is 17.9. The van der Waals surface area contributed by atoms with E-state index >= 15 is 26.3 Å². The second kappa shape index (κ2) is 10.3. The summed E-state index contributed by atoms with van der Waals surface area (Å²) in [6.07, 6.45) is 0. The highest BCUT2D eigenvalue weighted by Gasteiger charge is 2.80. The van der Waals surface area contributed by atoms with Crippen molar-refractivity contribution in [3.05, 3.63) is 92.3 Å². The molecule has 6 aromatic heterocycles. The first kappa shape index (κ1) is 29.2. The van der Waals surface area contributed by atoms with Gasteiger partial charge in [0.15, 0.2) is 0 Å². The molecule has 0 aliphatic heterocycles. The van der Waals surface area contributed by atoms with Crippen LogP contribution in [0.25, 0.3) is 50.2 Å². The Hall–Kier alpha value is -2.48. The summed E-state index contributed by atoms with van der Waals surface area (Å²) in [5.41, 5.74) is -2.51. The van der Waals surface area contributed by atoms with Gasteiger partial charge in [-0.3, -0.25) is 0 Å². The van der Waals surface area contributed by atoms with E-state index in [1.54, 1.807) is 61.0 Å². The van der Waals surface area contributed by atoms with E-state index in [0.717, 1.165) is 9.75 Å². The van der Waals surface area contributed by atoms with Gasteiger partial charge in [-0.2, -0.15) is 26.3 Å². The normalized spacial score (nSPS) is 17.3. The van der Waals surface area contributed by atoms with Gasteiger partial charge in [-0.1, -0.05) is 24.3 Å². The van der Waals surface area contributed by atoms with Gasteiger partial charge in [0.05, 0.1) is 9.75 Å². The van der Waals surface area contributed by atoms with Crippen molar-refractivity contribution in [3.8, 4) is 39.0 Å². The van der Waals surface area contributed by atoms with Crippen LogP contribution in [-0.2, 0) is 0 Å². The molecule has 0 atom stereocenters. The van der Waals surface area contributed by atoms with Crippen LogP contribution in [0.2, 0.25) is 0 Å². The summed E-state index contributed by atoms with van der Waals surface area (Å²) in [5, 5.41) is 7.14. The van der Waals surface area contributed by atoms with Crippen LogP contribution in [0, 0.1) is 13.8 Å². The molecule has 6 aromatic rings. The maximum absolute atomic E-state index is 16.3. The molecule has 0 bridgehead atoms. The molecule has 1 aliphatic carbocycles. The van der Waals surface area contributed by atoms with Gasteiger partial charge in [0, 0.05) is 51.5 Å².